The molecule has 0 atom stereocenters. The van der Waals surface area contributed by atoms with E-state index in [1.807, 2.05) is 6.07 Å². The number of sulfonamides is 2. The monoisotopic (exact) mass is 541 g/mol. The average Bonchev–Trinajstić information content (AvgIpc) is 3.18. The Morgan fingerprint density at radius 3 is 1.97 bits per heavy atom. The van der Waals surface area contributed by atoms with Crippen molar-refractivity contribution >= 4 is 37.3 Å². The van der Waals surface area contributed by atoms with Crippen LogP contribution in [0.3, 0.4) is 0 Å². The van der Waals surface area contributed by atoms with Crippen LogP contribution in [0.25, 0.3) is 0 Å². The van der Waals surface area contributed by atoms with Gasteiger partial charge < -0.3 is 5.32 Å². The van der Waals surface area contributed by atoms with E-state index in [2.05, 4.69) is 5.32 Å². The Morgan fingerprint density at radius 2 is 1.41 bits per heavy atom. The van der Waals surface area contributed by atoms with Crippen molar-refractivity contribution in [3.63, 3.8) is 0 Å². The van der Waals surface area contributed by atoms with Crippen LogP contribution in [-0.4, -0.2) is 46.4 Å². The van der Waals surface area contributed by atoms with Crippen LogP contribution in [-0.2, 0) is 26.6 Å². The summed E-state index contributed by atoms with van der Waals surface area (Å²) >= 11 is 0. The highest BCUT2D eigenvalue weighted by Crippen LogP contribution is 2.23. The van der Waals surface area contributed by atoms with Crippen molar-refractivity contribution < 1.29 is 21.6 Å². The highest BCUT2D eigenvalue weighted by molar-refractivity contribution is 7.92. The van der Waals surface area contributed by atoms with E-state index in [1.54, 1.807) is 60.7 Å². The summed E-state index contributed by atoms with van der Waals surface area (Å²) < 4.78 is 53.4. The van der Waals surface area contributed by atoms with E-state index in [9.17, 15) is 21.6 Å². The third-order valence-electron chi connectivity index (χ3n) is 6.30. The molecule has 0 aromatic heterocycles. The predicted molar refractivity (Wildman–Crippen MR) is 146 cm³/mol. The lowest BCUT2D eigenvalue weighted by atomic mass is 10.1. The number of para-hydroxylation sites is 1. The Hall–Kier alpha value is -3.21. The summed E-state index contributed by atoms with van der Waals surface area (Å²) in [4.78, 5) is 13.0. The summed E-state index contributed by atoms with van der Waals surface area (Å²) in [6.45, 7) is 1.20. The minimum Gasteiger partial charge on any atom is -0.322 e. The van der Waals surface area contributed by atoms with Gasteiger partial charge in [-0.2, -0.15) is 4.31 Å². The normalized spacial score (nSPS) is 15.1. The van der Waals surface area contributed by atoms with Gasteiger partial charge in [-0.3, -0.25) is 9.10 Å². The third-order valence-corrected chi connectivity index (χ3v) is 9.36. The maximum atomic E-state index is 13.0. The Labute approximate surface area is 219 Å². The van der Waals surface area contributed by atoms with Crippen LogP contribution in [0.15, 0.2) is 83.8 Å². The molecular weight excluding hydrogens is 510 g/mol. The van der Waals surface area contributed by atoms with E-state index in [0.717, 1.165) is 37.5 Å². The largest absolute Gasteiger partial charge is 0.322 e. The predicted octanol–water partition coefficient (Wildman–Crippen LogP) is 4.47. The molecule has 1 aliphatic heterocycles. The highest BCUT2D eigenvalue weighted by atomic mass is 32.2. The smallest absolute Gasteiger partial charge is 0.255 e. The summed E-state index contributed by atoms with van der Waals surface area (Å²) in [7, 11) is -7.05. The topological polar surface area (TPSA) is 104 Å². The fourth-order valence-electron chi connectivity index (χ4n) is 4.27. The number of rotatable bonds is 8. The van der Waals surface area contributed by atoms with Gasteiger partial charge in [0.15, 0.2) is 0 Å². The molecule has 1 amide bonds. The summed E-state index contributed by atoms with van der Waals surface area (Å²) in [5.41, 5.74) is 2.17. The fourth-order valence-corrected chi connectivity index (χ4v) is 6.67. The van der Waals surface area contributed by atoms with Gasteiger partial charge in [0.05, 0.1) is 23.4 Å². The second-order valence-electron chi connectivity index (χ2n) is 9.10. The van der Waals surface area contributed by atoms with Crippen molar-refractivity contribution in [1.29, 1.82) is 0 Å². The van der Waals surface area contributed by atoms with Crippen LogP contribution in [0.4, 0.5) is 11.4 Å². The van der Waals surface area contributed by atoms with E-state index in [0.29, 0.717) is 30.0 Å². The maximum absolute atomic E-state index is 13.0. The van der Waals surface area contributed by atoms with Gasteiger partial charge in [-0.1, -0.05) is 43.2 Å². The summed E-state index contributed by atoms with van der Waals surface area (Å²) in [5.74, 6) is -0.349. The van der Waals surface area contributed by atoms with Crippen molar-refractivity contribution in [1.82, 2.24) is 4.31 Å². The summed E-state index contributed by atoms with van der Waals surface area (Å²) in [5, 5.41) is 2.78. The minimum absolute atomic E-state index is 0.137. The van der Waals surface area contributed by atoms with Crippen molar-refractivity contribution in [3.05, 3.63) is 90.0 Å². The van der Waals surface area contributed by atoms with Gasteiger partial charge in [-0.25, -0.2) is 16.8 Å². The lowest BCUT2D eigenvalue weighted by Crippen LogP contribution is -2.31. The first-order chi connectivity index (χ1) is 17.6. The van der Waals surface area contributed by atoms with Crippen LogP contribution in [0.2, 0.25) is 0 Å². The van der Waals surface area contributed by atoms with Gasteiger partial charge in [0.25, 0.3) is 5.91 Å². The lowest BCUT2D eigenvalue weighted by Gasteiger charge is -2.22. The van der Waals surface area contributed by atoms with E-state index in [-0.39, 0.29) is 17.3 Å². The fraction of sp³-hybridized carbons (Fsp3) is 0.296. The molecule has 10 heteroatoms. The molecule has 1 fully saturated rings. The van der Waals surface area contributed by atoms with Crippen molar-refractivity contribution in [2.45, 2.75) is 37.1 Å². The van der Waals surface area contributed by atoms with Gasteiger partial charge in [-0.15, -0.1) is 0 Å². The van der Waals surface area contributed by atoms with Crippen LogP contribution in [0, 0.1) is 0 Å². The zero-order chi connectivity index (χ0) is 26.5. The van der Waals surface area contributed by atoms with Gasteiger partial charge in [0.2, 0.25) is 20.0 Å². The summed E-state index contributed by atoms with van der Waals surface area (Å²) in [6, 6.07) is 21.7. The van der Waals surface area contributed by atoms with Gasteiger partial charge >= 0.3 is 0 Å². The second-order valence-corrected chi connectivity index (χ2v) is 12.9. The van der Waals surface area contributed by atoms with Gasteiger partial charge in [-0.05, 0) is 66.9 Å². The molecule has 0 saturated carbocycles. The van der Waals surface area contributed by atoms with Crippen LogP contribution >= 0.6 is 0 Å². The van der Waals surface area contributed by atoms with Crippen LogP contribution < -0.4 is 9.62 Å². The number of benzene rings is 3. The molecule has 1 aliphatic rings. The molecule has 0 spiro atoms. The van der Waals surface area contributed by atoms with Gasteiger partial charge in [0, 0.05) is 24.3 Å². The summed E-state index contributed by atoms with van der Waals surface area (Å²) in [6.07, 6.45) is 4.98. The first-order valence-corrected chi connectivity index (χ1v) is 15.5. The molecule has 1 heterocycles. The quantitative estimate of drug-likeness (QED) is 0.453. The SMILES string of the molecule is CS(=O)(=O)N(Cc1ccc(C(=O)Nc2ccc(S(=O)(=O)N3CCCCCC3)cc2)cc1)c1ccccc1. The number of hydrogen-bond acceptors (Lipinski definition) is 5. The Morgan fingerprint density at radius 1 is 0.811 bits per heavy atom. The molecule has 0 unspecified atom stereocenters. The Balaban J connectivity index is 1.41. The number of nitrogens with zero attached hydrogens (tertiary/aromatic N) is 2. The second kappa shape index (κ2) is 11.5. The van der Waals surface area contributed by atoms with Gasteiger partial charge in [0.1, 0.15) is 0 Å². The average molecular weight is 542 g/mol. The van der Waals surface area contributed by atoms with Crippen LogP contribution in [0.1, 0.15) is 41.6 Å². The molecule has 8 nitrogen and oxygen atoms in total. The molecule has 37 heavy (non-hydrogen) atoms. The van der Waals surface area contributed by atoms with E-state index in [4.69, 9.17) is 0 Å². The molecule has 1 N–H and O–H groups in total. The van der Waals surface area contributed by atoms with E-state index in [1.165, 1.54) is 20.7 Å². The van der Waals surface area contributed by atoms with E-state index < -0.39 is 20.0 Å². The first kappa shape index (κ1) is 26.8. The van der Waals surface area contributed by atoms with Crippen molar-refractivity contribution in [3.8, 4) is 0 Å². The zero-order valence-corrected chi connectivity index (χ0v) is 22.3. The Kier molecular flexibility index (Phi) is 8.31. The molecule has 0 bridgehead atoms. The third kappa shape index (κ3) is 6.76. The lowest BCUT2D eigenvalue weighted by molar-refractivity contribution is 0.102. The number of carbonyl (C=O) groups is 1. The number of anilines is 2. The highest BCUT2D eigenvalue weighted by Gasteiger charge is 2.25. The molecule has 4 rings (SSSR count). The molecule has 3 aromatic carbocycles. The van der Waals surface area contributed by atoms with Crippen LogP contribution in [0.5, 0.6) is 0 Å². The maximum Gasteiger partial charge on any atom is 0.255 e. The molecule has 0 radical (unpaired) electrons. The first-order valence-electron chi connectivity index (χ1n) is 12.2. The number of carbonyl (C=O) groups excluding carboxylic acids is 1. The molecule has 3 aromatic rings. The number of hydrogen-bond donors (Lipinski definition) is 1. The molecule has 196 valence electrons. The van der Waals surface area contributed by atoms with Crippen molar-refractivity contribution in [2.24, 2.45) is 0 Å². The Bertz CT molecular complexity index is 1420. The molecule has 1 saturated heterocycles. The molecule has 0 aliphatic carbocycles. The number of amides is 1. The molecular formula is C27H31N3O5S2. The van der Waals surface area contributed by atoms with Crippen molar-refractivity contribution in [2.75, 3.05) is 29.0 Å². The van der Waals surface area contributed by atoms with E-state index >= 15 is 0 Å². The zero-order valence-electron chi connectivity index (χ0n) is 20.7. The minimum atomic E-state index is -3.55. The number of nitrogens with one attached hydrogen (secondary N) is 1. The standard InChI is InChI=1S/C27H31N3O5S2/c1-36(32,33)30(25-9-5-4-6-10-25)21-22-11-13-23(14-12-22)27(31)28-24-15-17-26(18-16-24)37(34,35)29-19-7-2-3-8-20-29/h4-6,9-18H,2-3,7-8,19-21H2,1H3,(H,28,31).